The zero-order chi connectivity index (χ0) is 24.5. The van der Waals surface area contributed by atoms with Gasteiger partial charge in [-0.2, -0.15) is 0 Å². The summed E-state index contributed by atoms with van der Waals surface area (Å²) in [5.74, 6) is -0.785. The molecule has 1 N–H and O–H groups in total. The minimum atomic E-state index is -0.978. The fraction of sp³-hybridized carbons (Fsp3) is 0.172. The van der Waals surface area contributed by atoms with Gasteiger partial charge < -0.3 is 9.84 Å². The van der Waals surface area contributed by atoms with Crippen LogP contribution in [0.25, 0.3) is 17.2 Å². The fourth-order valence-corrected chi connectivity index (χ4v) is 3.72. The molecule has 0 aliphatic carbocycles. The highest BCUT2D eigenvalue weighted by Gasteiger charge is 2.14. The normalized spacial score (nSPS) is 12.0. The zero-order valence-electron chi connectivity index (χ0n) is 19.7. The van der Waals surface area contributed by atoms with Gasteiger partial charge in [0, 0.05) is 6.08 Å². The average Bonchev–Trinajstić information content (AvgIpc) is 2.82. The molecule has 34 heavy (non-hydrogen) atoms. The lowest BCUT2D eigenvalue weighted by atomic mass is 9.88. The second-order valence-corrected chi connectivity index (χ2v) is 8.10. The van der Waals surface area contributed by atoms with Gasteiger partial charge >= 0.3 is 11.9 Å². The predicted molar refractivity (Wildman–Crippen MR) is 136 cm³/mol. The molecule has 0 aliphatic heterocycles. The van der Waals surface area contributed by atoms with E-state index >= 15 is 0 Å². The van der Waals surface area contributed by atoms with Crippen LogP contribution in [0.2, 0.25) is 0 Å². The molecule has 3 aromatic rings. The van der Waals surface area contributed by atoms with Crippen molar-refractivity contribution in [3.63, 3.8) is 0 Å². The van der Waals surface area contributed by atoms with Gasteiger partial charge in [-0.25, -0.2) is 4.79 Å². The van der Waals surface area contributed by atoms with Gasteiger partial charge in [-0.3, -0.25) is 9.69 Å². The van der Waals surface area contributed by atoms with Crippen molar-refractivity contribution in [2.45, 2.75) is 13.3 Å². The summed E-state index contributed by atoms with van der Waals surface area (Å²) in [7, 11) is 3.64. The van der Waals surface area contributed by atoms with E-state index in [0.29, 0.717) is 5.75 Å². The average molecular weight is 456 g/mol. The first-order valence-corrected chi connectivity index (χ1v) is 11.1. The minimum absolute atomic E-state index is 0.212. The summed E-state index contributed by atoms with van der Waals surface area (Å²) in [4.78, 5) is 24.6. The van der Waals surface area contributed by atoms with Gasteiger partial charge in [-0.05, 0) is 72.1 Å². The smallest absolute Gasteiger partial charge is 0.328 e. The molecule has 0 aromatic heterocycles. The molecule has 174 valence electrons. The molecule has 0 fully saturated rings. The fourth-order valence-electron chi connectivity index (χ4n) is 3.72. The van der Waals surface area contributed by atoms with E-state index in [1.807, 2.05) is 80.8 Å². The Labute approximate surface area is 200 Å². The highest BCUT2D eigenvalue weighted by molar-refractivity contribution is 5.98. The largest absolute Gasteiger partial charge is 0.478 e. The number of aliphatic carboxylic acids is 1. The zero-order valence-corrected chi connectivity index (χ0v) is 19.7. The third kappa shape index (κ3) is 6.77. The first kappa shape index (κ1) is 24.7. The lowest BCUT2D eigenvalue weighted by Gasteiger charge is -2.17. The number of rotatable bonds is 9. The number of carbonyl (C=O) groups is 2. The number of esters is 1. The van der Waals surface area contributed by atoms with E-state index in [4.69, 9.17) is 9.84 Å². The summed E-state index contributed by atoms with van der Waals surface area (Å²) in [5, 5.41) is 8.89. The van der Waals surface area contributed by atoms with Gasteiger partial charge in [0.1, 0.15) is 5.75 Å². The second-order valence-electron chi connectivity index (χ2n) is 8.10. The Morgan fingerprint density at radius 3 is 1.97 bits per heavy atom. The number of nitrogens with zero attached hydrogens (tertiary/aromatic N) is 1. The third-order valence-corrected chi connectivity index (χ3v) is 5.22. The minimum Gasteiger partial charge on any atom is -0.478 e. The predicted octanol–water partition coefficient (Wildman–Crippen LogP) is 5.62. The molecule has 0 bridgehead atoms. The summed E-state index contributed by atoms with van der Waals surface area (Å²) in [6.45, 7) is 2.34. The highest BCUT2D eigenvalue weighted by Crippen LogP contribution is 2.35. The van der Waals surface area contributed by atoms with Crippen LogP contribution in [0.1, 0.15) is 35.6 Å². The number of carbonyl (C=O) groups excluding carboxylic acids is 1. The van der Waals surface area contributed by atoms with E-state index in [9.17, 15) is 9.59 Å². The molecule has 0 radical (unpaired) electrons. The molecular weight excluding hydrogens is 426 g/mol. The van der Waals surface area contributed by atoms with E-state index < -0.39 is 5.97 Å². The Kier molecular flexibility index (Phi) is 8.54. The number of allylic oxidation sites excluding steroid dienone is 1. The Balaban J connectivity index is 2.03. The maximum absolute atomic E-state index is 12.0. The second kappa shape index (κ2) is 11.8. The lowest BCUT2D eigenvalue weighted by Crippen LogP contribution is -2.25. The first-order valence-electron chi connectivity index (χ1n) is 11.1. The van der Waals surface area contributed by atoms with E-state index in [-0.39, 0.29) is 12.5 Å². The van der Waals surface area contributed by atoms with Crippen molar-refractivity contribution in [2.75, 3.05) is 20.6 Å². The van der Waals surface area contributed by atoms with Crippen molar-refractivity contribution in [3.05, 3.63) is 107 Å². The van der Waals surface area contributed by atoms with Gasteiger partial charge in [-0.15, -0.1) is 0 Å². The Morgan fingerprint density at radius 2 is 1.44 bits per heavy atom. The Morgan fingerprint density at radius 1 is 0.853 bits per heavy atom. The van der Waals surface area contributed by atoms with Gasteiger partial charge in [0.05, 0.1) is 6.54 Å². The molecule has 5 nitrogen and oxygen atoms in total. The van der Waals surface area contributed by atoms with Crippen LogP contribution in [0.15, 0.2) is 84.9 Å². The van der Waals surface area contributed by atoms with Crippen LogP contribution in [0.3, 0.4) is 0 Å². The maximum Gasteiger partial charge on any atom is 0.328 e. The standard InChI is InChI=1S/C29H29NO4/c1-4-26(22-8-6-5-7-9-22)29(23-13-10-21(11-14-23)12-19-27(31)32)24-15-17-25(18-16-24)34-28(33)20-30(2)3/h5-19H,4,20H2,1-3H3,(H,31,32). The van der Waals surface area contributed by atoms with Crippen LogP contribution < -0.4 is 4.74 Å². The van der Waals surface area contributed by atoms with Crippen molar-refractivity contribution >= 4 is 29.2 Å². The summed E-state index contributed by atoms with van der Waals surface area (Å²) >= 11 is 0. The Bertz CT molecular complexity index is 1180. The van der Waals surface area contributed by atoms with Crippen LogP contribution in [-0.4, -0.2) is 42.6 Å². The summed E-state index contributed by atoms with van der Waals surface area (Å²) in [5.41, 5.74) is 6.23. The molecule has 3 rings (SSSR count). The number of likely N-dealkylation sites (N-methyl/N-ethyl adjacent to an activating group) is 1. The molecule has 0 amide bonds. The Hall–Kier alpha value is -3.96. The molecule has 0 heterocycles. The van der Waals surface area contributed by atoms with Crippen LogP contribution >= 0.6 is 0 Å². The maximum atomic E-state index is 12.0. The molecule has 0 spiro atoms. The molecule has 0 saturated carbocycles. The van der Waals surface area contributed by atoms with Crippen LogP contribution in [0.4, 0.5) is 0 Å². The van der Waals surface area contributed by atoms with Crippen LogP contribution in [0, 0.1) is 0 Å². The molecule has 0 saturated heterocycles. The summed E-state index contributed by atoms with van der Waals surface area (Å²) in [6.07, 6.45) is 3.52. The molecule has 0 aliphatic rings. The van der Waals surface area contributed by atoms with Crippen LogP contribution in [-0.2, 0) is 9.59 Å². The SMILES string of the molecule is CCC(=C(c1ccc(C=CC(=O)O)cc1)c1ccc(OC(=O)CN(C)C)cc1)c1ccccc1. The van der Waals surface area contributed by atoms with Crippen molar-refractivity contribution in [1.82, 2.24) is 4.90 Å². The van der Waals surface area contributed by atoms with E-state index in [2.05, 4.69) is 19.1 Å². The van der Waals surface area contributed by atoms with Crippen molar-refractivity contribution in [3.8, 4) is 5.75 Å². The van der Waals surface area contributed by atoms with Crippen LogP contribution in [0.5, 0.6) is 5.75 Å². The summed E-state index contributed by atoms with van der Waals surface area (Å²) < 4.78 is 5.45. The quantitative estimate of drug-likeness (QED) is 0.196. The van der Waals surface area contributed by atoms with Crippen molar-refractivity contribution in [1.29, 1.82) is 0 Å². The van der Waals surface area contributed by atoms with Crippen molar-refractivity contribution < 1.29 is 19.4 Å². The number of benzene rings is 3. The monoisotopic (exact) mass is 455 g/mol. The van der Waals surface area contributed by atoms with E-state index in [1.54, 1.807) is 11.0 Å². The number of carboxylic acids is 1. The highest BCUT2D eigenvalue weighted by atomic mass is 16.5. The molecule has 0 unspecified atom stereocenters. The van der Waals surface area contributed by atoms with Crippen molar-refractivity contribution in [2.24, 2.45) is 0 Å². The van der Waals surface area contributed by atoms with Gasteiger partial charge in [0.25, 0.3) is 0 Å². The van der Waals surface area contributed by atoms with Gasteiger partial charge in [0.15, 0.2) is 0 Å². The van der Waals surface area contributed by atoms with E-state index in [1.165, 1.54) is 5.57 Å². The van der Waals surface area contributed by atoms with Gasteiger partial charge in [-0.1, -0.05) is 73.7 Å². The number of ether oxygens (including phenoxy) is 1. The number of hydrogen-bond acceptors (Lipinski definition) is 4. The van der Waals surface area contributed by atoms with E-state index in [0.717, 1.165) is 40.3 Å². The molecule has 5 heteroatoms. The molecular formula is C29H29NO4. The number of carboxylic acid groups (broad SMARTS) is 1. The molecule has 3 aromatic carbocycles. The topological polar surface area (TPSA) is 66.8 Å². The first-order chi connectivity index (χ1) is 16.4. The lowest BCUT2D eigenvalue weighted by molar-refractivity contribution is -0.135. The number of hydrogen-bond donors (Lipinski definition) is 1. The third-order valence-electron chi connectivity index (χ3n) is 5.22. The molecule has 0 atom stereocenters. The summed E-state index contributed by atoms with van der Waals surface area (Å²) in [6, 6.07) is 25.6. The van der Waals surface area contributed by atoms with Gasteiger partial charge in [0.2, 0.25) is 0 Å².